The van der Waals surface area contributed by atoms with Crippen molar-refractivity contribution in [2.24, 2.45) is 0 Å². The smallest absolute Gasteiger partial charge is 0.318 e. The number of thioether (sulfide) groups is 1. The van der Waals surface area contributed by atoms with Crippen molar-refractivity contribution in [3.05, 3.63) is 114 Å². The van der Waals surface area contributed by atoms with Crippen molar-refractivity contribution in [3.63, 3.8) is 0 Å². The van der Waals surface area contributed by atoms with Crippen molar-refractivity contribution in [3.8, 4) is 5.69 Å². The van der Waals surface area contributed by atoms with Gasteiger partial charge >= 0.3 is 6.03 Å². The van der Waals surface area contributed by atoms with Crippen molar-refractivity contribution in [2.45, 2.75) is 17.5 Å². The predicted molar refractivity (Wildman–Crippen MR) is 127 cm³/mol. The fraction of sp³-hybridized carbons (Fsp3) is 0.115. The summed E-state index contributed by atoms with van der Waals surface area (Å²) in [6.07, 6.45) is 4.15. The molecule has 1 aliphatic rings. The molecule has 4 nitrogen and oxygen atoms in total. The lowest BCUT2D eigenvalue weighted by atomic mass is 10.0. The van der Waals surface area contributed by atoms with Gasteiger partial charge in [0.25, 0.3) is 0 Å². The number of nitrogens with zero attached hydrogens (tertiary/aromatic N) is 2. The Bertz CT molecular complexity index is 1200. The predicted octanol–water partition coefficient (Wildman–Crippen LogP) is 6.34. The monoisotopic (exact) mass is 425 g/mol. The van der Waals surface area contributed by atoms with Crippen molar-refractivity contribution >= 4 is 23.5 Å². The van der Waals surface area contributed by atoms with Gasteiger partial charge in [-0.15, -0.1) is 11.8 Å². The summed E-state index contributed by atoms with van der Waals surface area (Å²) < 4.78 is 2.21. The first-order chi connectivity index (χ1) is 15.2. The minimum absolute atomic E-state index is 0.116. The van der Waals surface area contributed by atoms with Crippen LogP contribution in [-0.4, -0.2) is 21.8 Å². The second-order valence-corrected chi connectivity index (χ2v) is 8.41. The Morgan fingerprint density at radius 2 is 1.65 bits per heavy atom. The van der Waals surface area contributed by atoms with Gasteiger partial charge in [-0.25, -0.2) is 4.79 Å². The number of fused-ring (bicyclic) bond motifs is 3. The van der Waals surface area contributed by atoms with E-state index in [4.69, 9.17) is 0 Å². The first kappa shape index (κ1) is 19.5. The van der Waals surface area contributed by atoms with Crippen molar-refractivity contribution < 1.29 is 4.79 Å². The molecule has 1 aromatic heterocycles. The van der Waals surface area contributed by atoms with Crippen molar-refractivity contribution in [2.75, 3.05) is 11.6 Å². The Kier molecular flexibility index (Phi) is 5.26. The van der Waals surface area contributed by atoms with Gasteiger partial charge in [0.1, 0.15) is 0 Å². The first-order valence-corrected chi connectivity index (χ1v) is 11.5. The molecule has 0 radical (unpaired) electrons. The van der Waals surface area contributed by atoms with Crippen LogP contribution in [0.1, 0.15) is 22.9 Å². The van der Waals surface area contributed by atoms with Gasteiger partial charge in [0, 0.05) is 22.5 Å². The molecule has 0 saturated heterocycles. The maximum atomic E-state index is 13.6. The second kappa shape index (κ2) is 8.36. The summed E-state index contributed by atoms with van der Waals surface area (Å²) in [6, 6.07) is 30.3. The van der Waals surface area contributed by atoms with E-state index in [9.17, 15) is 4.79 Å². The van der Waals surface area contributed by atoms with Crippen LogP contribution in [0.5, 0.6) is 0 Å². The molecule has 4 aromatic rings. The number of aromatic nitrogens is 1. The number of carbonyl (C=O) groups is 1. The first-order valence-electron chi connectivity index (χ1n) is 10.3. The van der Waals surface area contributed by atoms with E-state index in [2.05, 4.69) is 64.8 Å². The van der Waals surface area contributed by atoms with E-state index in [1.54, 1.807) is 11.8 Å². The molecular weight excluding hydrogens is 402 g/mol. The zero-order valence-electron chi connectivity index (χ0n) is 17.2. The SMILES string of the molecule is CSc1ccc([C@@H]2c3cccn3-c3ccccc3CN2C(=O)Nc2ccccc2)cc1. The summed E-state index contributed by atoms with van der Waals surface area (Å²) in [4.78, 5) is 16.7. The minimum Gasteiger partial charge on any atom is -0.318 e. The summed E-state index contributed by atoms with van der Waals surface area (Å²) in [7, 11) is 0. The number of nitrogens with one attached hydrogen (secondary N) is 1. The zero-order valence-corrected chi connectivity index (χ0v) is 18.0. The van der Waals surface area contributed by atoms with Crippen LogP contribution in [0.3, 0.4) is 0 Å². The molecule has 0 saturated carbocycles. The molecule has 0 bridgehead atoms. The van der Waals surface area contributed by atoms with Gasteiger partial charge in [-0.1, -0.05) is 48.5 Å². The van der Waals surface area contributed by atoms with E-state index in [0.717, 1.165) is 28.2 Å². The summed E-state index contributed by atoms with van der Waals surface area (Å²) in [5.74, 6) is 0. The number of benzene rings is 3. The molecule has 1 atom stereocenters. The highest BCUT2D eigenvalue weighted by Gasteiger charge is 2.32. The maximum absolute atomic E-state index is 13.6. The lowest BCUT2D eigenvalue weighted by molar-refractivity contribution is 0.194. The molecule has 2 amide bonds. The van der Waals surface area contributed by atoms with E-state index in [1.807, 2.05) is 53.4 Å². The number of para-hydroxylation sites is 2. The highest BCUT2D eigenvalue weighted by Crippen LogP contribution is 2.37. The summed E-state index contributed by atoms with van der Waals surface area (Å²) in [5.41, 5.74) is 5.19. The molecule has 5 heteroatoms. The summed E-state index contributed by atoms with van der Waals surface area (Å²) in [6.45, 7) is 0.519. The quantitative estimate of drug-likeness (QED) is 0.389. The topological polar surface area (TPSA) is 37.3 Å². The largest absolute Gasteiger partial charge is 0.322 e. The van der Waals surface area contributed by atoms with Gasteiger partial charge in [-0.05, 0) is 59.8 Å². The maximum Gasteiger partial charge on any atom is 0.322 e. The normalized spacial score (nSPS) is 15.0. The molecule has 0 unspecified atom stereocenters. The van der Waals surface area contributed by atoms with Crippen molar-refractivity contribution in [1.29, 1.82) is 0 Å². The molecule has 1 N–H and O–H groups in total. The van der Waals surface area contributed by atoms with E-state index in [-0.39, 0.29) is 12.1 Å². The number of rotatable bonds is 3. The fourth-order valence-corrected chi connectivity index (χ4v) is 4.60. The molecule has 154 valence electrons. The molecule has 31 heavy (non-hydrogen) atoms. The van der Waals surface area contributed by atoms with Crippen LogP contribution < -0.4 is 5.32 Å². The van der Waals surface area contributed by atoms with Crippen LogP contribution in [-0.2, 0) is 6.54 Å². The average Bonchev–Trinajstić information content (AvgIpc) is 3.24. The number of hydrogen-bond donors (Lipinski definition) is 1. The van der Waals surface area contributed by atoms with Crippen LogP contribution >= 0.6 is 11.8 Å². The van der Waals surface area contributed by atoms with Crippen molar-refractivity contribution in [1.82, 2.24) is 9.47 Å². The number of urea groups is 1. The summed E-state index contributed by atoms with van der Waals surface area (Å²) >= 11 is 1.72. The second-order valence-electron chi connectivity index (χ2n) is 7.53. The van der Waals surface area contributed by atoms with E-state index in [1.165, 1.54) is 4.90 Å². The molecular formula is C26H23N3OS. The van der Waals surface area contributed by atoms with Gasteiger partial charge in [-0.2, -0.15) is 0 Å². The third kappa shape index (κ3) is 3.73. The molecule has 1 aliphatic heterocycles. The number of anilines is 1. The number of hydrogen-bond acceptors (Lipinski definition) is 2. The van der Waals surface area contributed by atoms with Crippen LogP contribution in [0.4, 0.5) is 10.5 Å². The van der Waals surface area contributed by atoms with E-state index in [0.29, 0.717) is 6.54 Å². The average molecular weight is 426 g/mol. The lowest BCUT2D eigenvalue weighted by Crippen LogP contribution is -2.37. The van der Waals surface area contributed by atoms with Gasteiger partial charge in [0.2, 0.25) is 0 Å². The molecule has 0 spiro atoms. The fourth-order valence-electron chi connectivity index (χ4n) is 4.19. The Labute approximate surface area is 186 Å². The van der Waals surface area contributed by atoms with Crippen LogP contribution in [0.15, 0.2) is 102 Å². The molecule has 2 heterocycles. The van der Waals surface area contributed by atoms with Gasteiger partial charge < -0.3 is 14.8 Å². The van der Waals surface area contributed by atoms with Gasteiger partial charge in [0.15, 0.2) is 0 Å². The van der Waals surface area contributed by atoms with Crippen LogP contribution in [0.25, 0.3) is 5.69 Å². The zero-order chi connectivity index (χ0) is 21.2. The van der Waals surface area contributed by atoms with Crippen LogP contribution in [0, 0.1) is 0 Å². The van der Waals surface area contributed by atoms with Gasteiger partial charge in [0.05, 0.1) is 18.3 Å². The van der Waals surface area contributed by atoms with Crippen LogP contribution in [0.2, 0.25) is 0 Å². The lowest BCUT2D eigenvalue weighted by Gasteiger charge is -2.31. The standard InChI is InChI=1S/C26H23N3OS/c1-31-22-15-13-19(14-16-22)25-24-12-7-17-28(24)23-11-6-5-8-20(23)18-29(25)26(30)27-21-9-3-2-4-10-21/h2-17,25H,18H2,1H3,(H,27,30)/t25-/m1/s1. The molecule has 0 aliphatic carbocycles. The van der Waals surface area contributed by atoms with E-state index < -0.39 is 0 Å². The third-order valence-electron chi connectivity index (χ3n) is 5.68. The molecule has 3 aromatic carbocycles. The highest BCUT2D eigenvalue weighted by molar-refractivity contribution is 7.98. The Morgan fingerprint density at radius 3 is 2.42 bits per heavy atom. The Balaban J connectivity index is 1.63. The summed E-state index contributed by atoms with van der Waals surface area (Å²) in [5, 5.41) is 3.09. The third-order valence-corrected chi connectivity index (χ3v) is 6.42. The molecule has 0 fully saturated rings. The van der Waals surface area contributed by atoms with E-state index >= 15 is 0 Å². The van der Waals surface area contributed by atoms with Gasteiger partial charge in [-0.3, -0.25) is 0 Å². The number of carbonyl (C=O) groups excluding carboxylic acids is 1. The minimum atomic E-state index is -0.206. The highest BCUT2D eigenvalue weighted by atomic mass is 32.2. The Morgan fingerprint density at radius 1 is 0.903 bits per heavy atom. The molecule has 5 rings (SSSR count). The number of amides is 2. The Hall–Kier alpha value is -3.44.